The molecule has 1 unspecified atom stereocenters. The average molecular weight is 199 g/mol. The van der Waals surface area contributed by atoms with Gasteiger partial charge in [0.1, 0.15) is 0 Å². The van der Waals surface area contributed by atoms with E-state index in [1.54, 1.807) is 0 Å². The van der Waals surface area contributed by atoms with Gasteiger partial charge in [0, 0.05) is 13.1 Å². The van der Waals surface area contributed by atoms with Crippen LogP contribution in [0.2, 0.25) is 0 Å². The second-order valence-corrected chi connectivity index (χ2v) is 4.35. The first-order chi connectivity index (χ1) is 6.59. The van der Waals surface area contributed by atoms with Gasteiger partial charge >= 0.3 is 0 Å². The molecule has 0 aromatic carbocycles. The number of hydrogen-bond acceptors (Lipinski definition) is 3. The van der Waals surface area contributed by atoms with E-state index in [0.29, 0.717) is 12.0 Å². The second kappa shape index (κ2) is 4.75. The molecule has 4 nitrogen and oxygen atoms in total. The highest BCUT2D eigenvalue weighted by atomic mass is 16.1. The molecule has 0 spiro atoms. The first-order valence-corrected chi connectivity index (χ1v) is 5.35. The zero-order valence-corrected chi connectivity index (χ0v) is 8.88. The molecule has 0 bridgehead atoms. The van der Waals surface area contributed by atoms with Gasteiger partial charge < -0.3 is 16.8 Å². The molecular formula is C10H21N3O. The summed E-state index contributed by atoms with van der Waals surface area (Å²) in [5, 5.41) is 3.23. The van der Waals surface area contributed by atoms with E-state index in [0.717, 1.165) is 6.54 Å². The van der Waals surface area contributed by atoms with E-state index < -0.39 is 11.9 Å². The summed E-state index contributed by atoms with van der Waals surface area (Å²) in [5.74, 6) is -0.434. The van der Waals surface area contributed by atoms with Gasteiger partial charge in [-0.2, -0.15) is 0 Å². The Bertz CT molecular complexity index is 196. The fraction of sp³-hybridized carbons (Fsp3) is 0.900. The topological polar surface area (TPSA) is 81.1 Å². The quantitative estimate of drug-likeness (QED) is 0.562. The molecule has 1 saturated carbocycles. The Hall–Kier alpha value is -0.610. The number of amides is 1. The lowest BCUT2D eigenvalue weighted by Crippen LogP contribution is -2.48. The summed E-state index contributed by atoms with van der Waals surface area (Å²) in [7, 11) is 0. The minimum atomic E-state index is -0.552. The van der Waals surface area contributed by atoms with Crippen LogP contribution in [0.15, 0.2) is 0 Å². The molecule has 1 amide bonds. The van der Waals surface area contributed by atoms with E-state index in [1.165, 1.54) is 25.7 Å². The van der Waals surface area contributed by atoms with Crippen molar-refractivity contribution in [2.45, 2.75) is 38.6 Å². The number of carbonyl (C=O) groups excluding carboxylic acids is 1. The van der Waals surface area contributed by atoms with Crippen LogP contribution in [-0.4, -0.2) is 25.0 Å². The first-order valence-electron chi connectivity index (χ1n) is 5.35. The number of nitrogens with one attached hydrogen (secondary N) is 1. The zero-order chi connectivity index (χ0) is 10.6. The molecule has 0 radical (unpaired) electrons. The Morgan fingerprint density at radius 1 is 1.57 bits per heavy atom. The maximum Gasteiger partial charge on any atom is 0.235 e. The van der Waals surface area contributed by atoms with Crippen molar-refractivity contribution in [3.63, 3.8) is 0 Å². The molecular weight excluding hydrogens is 178 g/mol. The van der Waals surface area contributed by atoms with Crippen LogP contribution >= 0.6 is 0 Å². The second-order valence-electron chi connectivity index (χ2n) is 4.35. The van der Waals surface area contributed by atoms with Crippen LogP contribution in [0.3, 0.4) is 0 Å². The number of primary amides is 1. The lowest BCUT2D eigenvalue weighted by molar-refractivity contribution is -0.119. The van der Waals surface area contributed by atoms with Crippen LogP contribution in [0.5, 0.6) is 0 Å². The third-order valence-corrected chi connectivity index (χ3v) is 3.39. The highest BCUT2D eigenvalue weighted by Crippen LogP contribution is 2.42. The van der Waals surface area contributed by atoms with Gasteiger partial charge in [0.05, 0.1) is 6.04 Å². The van der Waals surface area contributed by atoms with E-state index in [9.17, 15) is 4.79 Å². The molecule has 0 saturated heterocycles. The summed E-state index contributed by atoms with van der Waals surface area (Å²) in [5.41, 5.74) is 11.0. The van der Waals surface area contributed by atoms with Gasteiger partial charge in [-0.05, 0) is 24.7 Å². The van der Waals surface area contributed by atoms with Crippen LogP contribution < -0.4 is 16.8 Å². The van der Waals surface area contributed by atoms with Crippen molar-refractivity contribution in [2.75, 3.05) is 13.1 Å². The Labute approximate surface area is 85.4 Å². The Morgan fingerprint density at radius 3 is 2.57 bits per heavy atom. The maximum absolute atomic E-state index is 10.7. The molecule has 82 valence electrons. The Morgan fingerprint density at radius 2 is 2.21 bits per heavy atom. The molecule has 4 heteroatoms. The van der Waals surface area contributed by atoms with Crippen LogP contribution in [0.4, 0.5) is 0 Å². The van der Waals surface area contributed by atoms with Crippen molar-refractivity contribution in [3.8, 4) is 0 Å². The molecule has 0 aromatic heterocycles. The van der Waals surface area contributed by atoms with Gasteiger partial charge in [-0.3, -0.25) is 4.79 Å². The van der Waals surface area contributed by atoms with Gasteiger partial charge in [-0.1, -0.05) is 13.3 Å². The SMILES string of the molecule is CCC1(CNCC(N)C(N)=O)CCC1. The average Bonchev–Trinajstić information content (AvgIpc) is 2.09. The monoisotopic (exact) mass is 199 g/mol. The smallest absolute Gasteiger partial charge is 0.235 e. The third kappa shape index (κ3) is 2.69. The van der Waals surface area contributed by atoms with Gasteiger partial charge in [0.2, 0.25) is 5.91 Å². The van der Waals surface area contributed by atoms with E-state index in [2.05, 4.69) is 12.2 Å². The molecule has 1 fully saturated rings. The van der Waals surface area contributed by atoms with Crippen molar-refractivity contribution < 1.29 is 4.79 Å². The molecule has 14 heavy (non-hydrogen) atoms. The van der Waals surface area contributed by atoms with Crippen LogP contribution in [-0.2, 0) is 4.79 Å². The Kier molecular flexibility index (Phi) is 3.89. The molecule has 0 aliphatic heterocycles. The predicted octanol–water partition coefficient (Wildman–Crippen LogP) is -0.0311. The fourth-order valence-electron chi connectivity index (χ4n) is 1.93. The number of hydrogen-bond donors (Lipinski definition) is 3. The molecule has 1 atom stereocenters. The van der Waals surface area contributed by atoms with E-state index >= 15 is 0 Å². The van der Waals surface area contributed by atoms with Gasteiger partial charge in [-0.25, -0.2) is 0 Å². The molecule has 5 N–H and O–H groups in total. The lowest BCUT2D eigenvalue weighted by Gasteiger charge is -2.41. The summed E-state index contributed by atoms with van der Waals surface area (Å²) >= 11 is 0. The first kappa shape index (κ1) is 11.5. The normalized spacial score (nSPS) is 21.3. The van der Waals surface area contributed by atoms with Crippen LogP contribution in [0.25, 0.3) is 0 Å². The minimum absolute atomic E-state index is 0.434. The maximum atomic E-state index is 10.7. The predicted molar refractivity (Wildman–Crippen MR) is 56.6 cm³/mol. The number of rotatable bonds is 6. The van der Waals surface area contributed by atoms with Crippen LogP contribution in [0.1, 0.15) is 32.6 Å². The summed E-state index contributed by atoms with van der Waals surface area (Å²) in [4.78, 5) is 10.7. The fourth-order valence-corrected chi connectivity index (χ4v) is 1.93. The molecule has 0 heterocycles. The van der Waals surface area contributed by atoms with Gasteiger partial charge in [-0.15, -0.1) is 0 Å². The number of nitrogens with two attached hydrogens (primary N) is 2. The van der Waals surface area contributed by atoms with E-state index in [4.69, 9.17) is 11.5 Å². The lowest BCUT2D eigenvalue weighted by atomic mass is 9.67. The van der Waals surface area contributed by atoms with Crippen molar-refractivity contribution in [1.29, 1.82) is 0 Å². The summed E-state index contributed by atoms with van der Waals surface area (Å²) in [6.07, 6.45) is 5.12. The van der Waals surface area contributed by atoms with Crippen molar-refractivity contribution in [3.05, 3.63) is 0 Å². The standard InChI is InChI=1S/C10H21N3O/c1-2-10(4-3-5-10)7-13-6-8(11)9(12)14/h8,13H,2-7,11H2,1H3,(H2,12,14). The van der Waals surface area contributed by atoms with Gasteiger partial charge in [0.25, 0.3) is 0 Å². The highest BCUT2D eigenvalue weighted by Gasteiger charge is 2.34. The van der Waals surface area contributed by atoms with Crippen molar-refractivity contribution >= 4 is 5.91 Å². The molecule has 1 aliphatic rings. The van der Waals surface area contributed by atoms with Crippen molar-refractivity contribution in [2.24, 2.45) is 16.9 Å². The molecule has 1 aliphatic carbocycles. The molecule has 1 rings (SSSR count). The van der Waals surface area contributed by atoms with Crippen LogP contribution in [0, 0.1) is 5.41 Å². The van der Waals surface area contributed by atoms with Crippen molar-refractivity contribution in [1.82, 2.24) is 5.32 Å². The van der Waals surface area contributed by atoms with E-state index in [-0.39, 0.29) is 0 Å². The highest BCUT2D eigenvalue weighted by molar-refractivity contribution is 5.79. The number of carbonyl (C=O) groups is 1. The summed E-state index contributed by atoms with van der Waals surface area (Å²) in [6.45, 7) is 3.68. The van der Waals surface area contributed by atoms with Gasteiger partial charge in [0.15, 0.2) is 0 Å². The largest absolute Gasteiger partial charge is 0.368 e. The van der Waals surface area contributed by atoms with E-state index in [1.807, 2.05) is 0 Å². The minimum Gasteiger partial charge on any atom is -0.368 e. The zero-order valence-electron chi connectivity index (χ0n) is 8.88. The Balaban J connectivity index is 2.17. The third-order valence-electron chi connectivity index (χ3n) is 3.39. The molecule has 0 aromatic rings. The summed E-state index contributed by atoms with van der Waals surface area (Å²) in [6, 6.07) is -0.552. The summed E-state index contributed by atoms with van der Waals surface area (Å²) < 4.78 is 0.